The van der Waals surface area contributed by atoms with Crippen LogP contribution in [-0.4, -0.2) is 51.3 Å². The van der Waals surface area contributed by atoms with Crippen molar-refractivity contribution in [3.63, 3.8) is 0 Å². The Hall–Kier alpha value is -4.39. The fraction of sp³-hybridized carbons (Fsp3) is 0.258. The number of nitrogens with one attached hydrogen (secondary N) is 2. The van der Waals surface area contributed by atoms with Gasteiger partial charge in [-0.15, -0.1) is 0 Å². The molecule has 2 fully saturated rings. The minimum atomic E-state index is -0.323. The summed E-state index contributed by atoms with van der Waals surface area (Å²) in [5.74, 6) is -0.257. The van der Waals surface area contributed by atoms with Crippen molar-refractivity contribution in [1.29, 1.82) is 0 Å². The number of hydrogen-bond acceptors (Lipinski definition) is 3. The van der Waals surface area contributed by atoms with E-state index in [1.54, 1.807) is 17.3 Å². The zero-order valence-electron chi connectivity index (χ0n) is 21.1. The first kappa shape index (κ1) is 22.8. The summed E-state index contributed by atoms with van der Waals surface area (Å²) < 4.78 is 0. The number of fused-ring (bicyclic) bond motifs is 2. The summed E-state index contributed by atoms with van der Waals surface area (Å²) in [6, 6.07) is 20.6. The maximum atomic E-state index is 13.7. The molecule has 2 N–H and O–H groups in total. The van der Waals surface area contributed by atoms with Gasteiger partial charge in [-0.2, -0.15) is 0 Å². The number of anilines is 1. The van der Waals surface area contributed by atoms with Gasteiger partial charge < -0.3 is 19.8 Å². The van der Waals surface area contributed by atoms with E-state index >= 15 is 0 Å². The molecule has 0 radical (unpaired) electrons. The SMILES string of the molecule is O=C([C@H]1CC(=O)N(c2cccnc2)C1)N1CCC(c2c[nH]c3ccccc23)(c2c[nH]c3ccccc23)CC1. The highest BCUT2D eigenvalue weighted by atomic mass is 16.2. The lowest BCUT2D eigenvalue weighted by atomic mass is 9.67. The number of aromatic amines is 2. The van der Waals surface area contributed by atoms with Crippen LogP contribution < -0.4 is 4.90 Å². The van der Waals surface area contributed by atoms with E-state index in [1.807, 2.05) is 17.0 Å². The van der Waals surface area contributed by atoms with Crippen LogP contribution in [0.1, 0.15) is 30.4 Å². The van der Waals surface area contributed by atoms with Crippen LogP contribution in [-0.2, 0) is 15.0 Å². The number of pyridine rings is 1. The molecular weight excluding hydrogens is 474 g/mol. The molecule has 38 heavy (non-hydrogen) atoms. The molecule has 1 atom stereocenters. The highest BCUT2D eigenvalue weighted by Gasteiger charge is 2.44. The van der Waals surface area contributed by atoms with Gasteiger partial charge in [0.1, 0.15) is 0 Å². The third kappa shape index (κ3) is 3.53. The molecule has 7 heteroatoms. The van der Waals surface area contributed by atoms with Crippen LogP contribution in [0.25, 0.3) is 21.8 Å². The monoisotopic (exact) mass is 503 g/mol. The highest BCUT2D eigenvalue weighted by Crippen LogP contribution is 2.47. The zero-order chi connectivity index (χ0) is 25.7. The molecule has 3 aromatic heterocycles. The molecule has 0 spiro atoms. The molecule has 0 unspecified atom stereocenters. The summed E-state index contributed by atoms with van der Waals surface area (Å²) in [6.45, 7) is 1.71. The first-order valence-electron chi connectivity index (χ1n) is 13.3. The first-order chi connectivity index (χ1) is 18.6. The van der Waals surface area contributed by atoms with Gasteiger partial charge in [0.2, 0.25) is 11.8 Å². The fourth-order valence-corrected chi connectivity index (χ4v) is 6.62. The maximum Gasteiger partial charge on any atom is 0.228 e. The van der Waals surface area contributed by atoms with E-state index in [0.717, 1.165) is 29.6 Å². The second-order valence-electron chi connectivity index (χ2n) is 10.5. The number of H-pyrrole nitrogens is 2. The van der Waals surface area contributed by atoms with Crippen molar-refractivity contribution in [2.45, 2.75) is 24.7 Å². The number of nitrogens with zero attached hydrogens (tertiary/aromatic N) is 3. The fourth-order valence-electron chi connectivity index (χ4n) is 6.62. The van der Waals surface area contributed by atoms with E-state index in [0.29, 0.717) is 19.6 Å². The lowest BCUT2D eigenvalue weighted by molar-refractivity contribution is -0.137. The van der Waals surface area contributed by atoms with Crippen LogP contribution in [0.5, 0.6) is 0 Å². The minimum absolute atomic E-state index is 0.0136. The molecule has 7 rings (SSSR count). The molecule has 0 bridgehead atoms. The number of hydrogen-bond donors (Lipinski definition) is 2. The number of carbonyl (C=O) groups excluding carboxylic acids is 2. The molecule has 2 saturated heterocycles. The Labute approximate surface area is 220 Å². The predicted molar refractivity (Wildman–Crippen MR) is 148 cm³/mol. The van der Waals surface area contributed by atoms with Gasteiger partial charge >= 0.3 is 0 Å². The Bertz CT molecular complexity index is 1570. The Balaban J connectivity index is 1.19. The van der Waals surface area contributed by atoms with E-state index in [1.165, 1.54) is 21.9 Å². The highest BCUT2D eigenvalue weighted by molar-refractivity contribution is 6.00. The molecule has 5 heterocycles. The normalized spacial score (nSPS) is 19.5. The summed E-state index contributed by atoms with van der Waals surface area (Å²) in [5, 5.41) is 2.46. The Morgan fingerprint density at radius 2 is 1.50 bits per heavy atom. The third-order valence-corrected chi connectivity index (χ3v) is 8.57. The second kappa shape index (κ2) is 8.87. The molecule has 0 saturated carbocycles. The quantitative estimate of drug-likeness (QED) is 0.362. The summed E-state index contributed by atoms with van der Waals surface area (Å²) in [7, 11) is 0. The second-order valence-corrected chi connectivity index (χ2v) is 10.5. The molecule has 5 aromatic rings. The average Bonchev–Trinajstić information content (AvgIpc) is 3.70. The largest absolute Gasteiger partial charge is 0.361 e. The number of para-hydroxylation sites is 2. The van der Waals surface area contributed by atoms with E-state index in [2.05, 4.69) is 75.9 Å². The topological polar surface area (TPSA) is 85.1 Å². The van der Waals surface area contributed by atoms with Crippen LogP contribution in [0.3, 0.4) is 0 Å². The number of piperidine rings is 1. The summed E-state index contributed by atoms with van der Waals surface area (Å²) >= 11 is 0. The van der Waals surface area contributed by atoms with Crippen molar-refractivity contribution >= 4 is 39.3 Å². The van der Waals surface area contributed by atoms with E-state index < -0.39 is 0 Å². The molecule has 7 nitrogen and oxygen atoms in total. The molecular formula is C31H29N5O2. The van der Waals surface area contributed by atoms with Gasteiger partial charge in [0.25, 0.3) is 0 Å². The molecule has 2 amide bonds. The van der Waals surface area contributed by atoms with Crippen LogP contribution in [0.15, 0.2) is 85.5 Å². The van der Waals surface area contributed by atoms with Crippen LogP contribution in [0.4, 0.5) is 5.69 Å². The standard InChI is InChI=1S/C31H29N5O2/c37-29-16-21(20-36(29)22-6-5-13-32-17-22)30(38)35-14-11-31(12-15-35,25-18-33-27-9-3-1-7-23(25)27)26-19-34-28-10-4-2-8-24(26)28/h1-10,13,17-19,21,33-34H,11-12,14-16,20H2/t21-/m0/s1. The Morgan fingerprint density at radius 3 is 2.11 bits per heavy atom. The smallest absolute Gasteiger partial charge is 0.228 e. The van der Waals surface area contributed by atoms with E-state index in [-0.39, 0.29) is 29.6 Å². The van der Waals surface area contributed by atoms with Crippen molar-refractivity contribution in [2.75, 3.05) is 24.5 Å². The summed E-state index contributed by atoms with van der Waals surface area (Å²) in [5.41, 5.74) is 5.33. The number of likely N-dealkylation sites (tertiary alicyclic amines) is 1. The predicted octanol–water partition coefficient (Wildman–Crippen LogP) is 5.01. The third-order valence-electron chi connectivity index (χ3n) is 8.57. The number of amides is 2. The molecule has 0 aliphatic carbocycles. The Kier molecular flexibility index (Phi) is 5.32. The number of aromatic nitrogens is 3. The lowest BCUT2D eigenvalue weighted by Gasteiger charge is -2.43. The maximum absolute atomic E-state index is 13.7. The van der Waals surface area contributed by atoms with Crippen molar-refractivity contribution < 1.29 is 9.59 Å². The van der Waals surface area contributed by atoms with Gasteiger partial charge in [-0.1, -0.05) is 36.4 Å². The van der Waals surface area contributed by atoms with Gasteiger partial charge in [-0.05, 0) is 48.2 Å². The van der Waals surface area contributed by atoms with Gasteiger partial charge in [0.05, 0.1) is 17.8 Å². The molecule has 2 aliphatic heterocycles. The molecule has 190 valence electrons. The first-order valence-corrected chi connectivity index (χ1v) is 13.3. The van der Waals surface area contributed by atoms with Crippen LogP contribution in [0, 0.1) is 5.92 Å². The van der Waals surface area contributed by atoms with Crippen molar-refractivity contribution in [3.8, 4) is 0 Å². The van der Waals surface area contributed by atoms with Gasteiger partial charge in [-0.25, -0.2) is 0 Å². The summed E-state index contributed by atoms with van der Waals surface area (Å²) in [4.78, 5) is 41.2. The number of carbonyl (C=O) groups is 2. The van der Waals surface area contributed by atoms with Crippen molar-refractivity contribution in [1.82, 2.24) is 19.9 Å². The minimum Gasteiger partial charge on any atom is -0.361 e. The van der Waals surface area contributed by atoms with Crippen molar-refractivity contribution in [2.24, 2.45) is 5.92 Å². The number of rotatable bonds is 4. The van der Waals surface area contributed by atoms with Crippen LogP contribution in [0.2, 0.25) is 0 Å². The van der Waals surface area contributed by atoms with Gasteiger partial charge in [0.15, 0.2) is 0 Å². The van der Waals surface area contributed by atoms with Gasteiger partial charge in [0, 0.05) is 71.9 Å². The van der Waals surface area contributed by atoms with E-state index in [4.69, 9.17) is 0 Å². The number of benzene rings is 2. The molecule has 2 aromatic carbocycles. The molecule has 2 aliphatic rings. The van der Waals surface area contributed by atoms with Crippen LogP contribution >= 0.6 is 0 Å². The lowest BCUT2D eigenvalue weighted by Crippen LogP contribution is -2.47. The Morgan fingerprint density at radius 1 is 0.868 bits per heavy atom. The van der Waals surface area contributed by atoms with Gasteiger partial charge in [-0.3, -0.25) is 14.6 Å². The van der Waals surface area contributed by atoms with E-state index in [9.17, 15) is 9.59 Å². The van der Waals surface area contributed by atoms with Crippen molar-refractivity contribution in [3.05, 3.63) is 96.6 Å². The summed E-state index contributed by atoms with van der Waals surface area (Å²) in [6.07, 6.45) is 9.57. The average molecular weight is 504 g/mol. The zero-order valence-corrected chi connectivity index (χ0v) is 21.1.